The molecule has 0 saturated carbocycles. The fraction of sp³-hybridized carbons (Fsp3) is 0.571. The standard InChI is InChI=1S/C49H73N/c1-8-13-16-19-21-24-31-45-36-41(34-39(6)47(45)32-27-18-15-10-3)35-42(11-4)40(7)50-46-37-43(12-5)48(33-28-22-20-17-14-9-2)49(38-46)44-29-25-23-26-30-44/h23,25-26,29-30,34-38H,8-22,24,27-28,31-33H2,1-7H3. The Balaban J connectivity index is 1.93. The summed E-state index contributed by atoms with van der Waals surface area (Å²) < 4.78 is 0. The second-order valence-electron chi connectivity index (χ2n) is 14.9. The molecule has 0 bridgehead atoms. The number of unbranched alkanes of at least 4 members (excludes halogenated alkanes) is 13. The minimum atomic E-state index is 0.974. The molecule has 3 aromatic rings. The lowest BCUT2D eigenvalue weighted by atomic mass is 9.89. The van der Waals surface area contributed by atoms with Gasteiger partial charge >= 0.3 is 0 Å². The summed E-state index contributed by atoms with van der Waals surface area (Å²) >= 11 is 0. The van der Waals surface area contributed by atoms with Gasteiger partial charge in [0.05, 0.1) is 5.69 Å². The molecule has 0 saturated heterocycles. The van der Waals surface area contributed by atoms with Gasteiger partial charge in [-0.25, -0.2) is 0 Å². The molecule has 0 aliphatic carbocycles. The third-order valence-electron chi connectivity index (χ3n) is 10.7. The van der Waals surface area contributed by atoms with Crippen LogP contribution in [0.15, 0.2) is 65.2 Å². The van der Waals surface area contributed by atoms with Crippen LogP contribution in [0, 0.1) is 6.92 Å². The summed E-state index contributed by atoms with van der Waals surface area (Å²) in [6, 6.07) is 20.7. The van der Waals surface area contributed by atoms with E-state index in [-0.39, 0.29) is 0 Å². The first kappa shape index (κ1) is 41.5. The minimum absolute atomic E-state index is 0.974. The van der Waals surface area contributed by atoms with Crippen molar-refractivity contribution >= 4 is 17.5 Å². The molecule has 0 unspecified atom stereocenters. The molecule has 0 amide bonds. The van der Waals surface area contributed by atoms with Crippen molar-refractivity contribution in [1.82, 2.24) is 0 Å². The van der Waals surface area contributed by atoms with Gasteiger partial charge < -0.3 is 0 Å². The zero-order valence-electron chi connectivity index (χ0n) is 33.6. The topological polar surface area (TPSA) is 12.4 Å². The summed E-state index contributed by atoms with van der Waals surface area (Å²) in [5.41, 5.74) is 15.3. The van der Waals surface area contributed by atoms with Crippen LogP contribution in [0.5, 0.6) is 0 Å². The van der Waals surface area contributed by atoms with Gasteiger partial charge in [0, 0.05) is 5.71 Å². The highest BCUT2D eigenvalue weighted by molar-refractivity contribution is 6.03. The maximum absolute atomic E-state index is 5.35. The SMILES string of the molecule is CCCCCCCCc1cc(C=C(CC)C(C)=Nc2cc(CC)c(CCCCCCCC)c(-c3ccccc3)c2)cc(C)c1CCCCCC. The lowest BCUT2D eigenvalue weighted by Gasteiger charge is -2.17. The number of hydrogen-bond acceptors (Lipinski definition) is 1. The molecule has 0 N–H and O–H groups in total. The first-order chi connectivity index (χ1) is 24.4. The van der Waals surface area contributed by atoms with E-state index in [9.17, 15) is 0 Å². The second kappa shape index (κ2) is 24.3. The summed E-state index contributed by atoms with van der Waals surface area (Å²) in [4.78, 5) is 5.35. The van der Waals surface area contributed by atoms with Crippen molar-refractivity contribution in [2.75, 3.05) is 0 Å². The lowest BCUT2D eigenvalue weighted by Crippen LogP contribution is -2.02. The third kappa shape index (κ3) is 14.0. The van der Waals surface area contributed by atoms with Crippen LogP contribution in [-0.4, -0.2) is 5.71 Å². The van der Waals surface area contributed by atoms with Crippen molar-refractivity contribution in [3.05, 3.63) is 93.6 Å². The Bertz CT molecular complexity index is 1440. The maximum Gasteiger partial charge on any atom is 0.0642 e. The van der Waals surface area contributed by atoms with Crippen LogP contribution in [-0.2, 0) is 25.7 Å². The molecular weight excluding hydrogens is 603 g/mol. The number of hydrogen-bond donors (Lipinski definition) is 0. The van der Waals surface area contributed by atoms with E-state index < -0.39 is 0 Å². The van der Waals surface area contributed by atoms with Gasteiger partial charge in [-0.3, -0.25) is 4.99 Å². The van der Waals surface area contributed by atoms with E-state index in [1.807, 2.05) is 0 Å². The number of nitrogens with zero attached hydrogens (tertiary/aromatic N) is 1. The Hall–Kier alpha value is -2.93. The van der Waals surface area contributed by atoms with Gasteiger partial charge in [0.1, 0.15) is 0 Å². The maximum atomic E-state index is 5.35. The van der Waals surface area contributed by atoms with Crippen LogP contribution in [0.2, 0.25) is 0 Å². The lowest BCUT2D eigenvalue weighted by molar-refractivity contribution is 0.605. The number of aryl methyl sites for hydroxylation is 3. The average Bonchev–Trinajstić information content (AvgIpc) is 3.13. The van der Waals surface area contributed by atoms with Crippen molar-refractivity contribution in [3.8, 4) is 11.1 Å². The molecule has 3 rings (SSSR count). The van der Waals surface area contributed by atoms with E-state index >= 15 is 0 Å². The smallest absolute Gasteiger partial charge is 0.0642 e. The Morgan fingerprint density at radius 2 is 1.14 bits per heavy atom. The van der Waals surface area contributed by atoms with Crippen molar-refractivity contribution in [3.63, 3.8) is 0 Å². The highest BCUT2D eigenvalue weighted by atomic mass is 14.7. The van der Waals surface area contributed by atoms with Gasteiger partial charge in [-0.1, -0.05) is 161 Å². The average molecular weight is 676 g/mol. The van der Waals surface area contributed by atoms with Crippen molar-refractivity contribution in [1.29, 1.82) is 0 Å². The van der Waals surface area contributed by atoms with Crippen LogP contribution in [0.25, 0.3) is 17.2 Å². The van der Waals surface area contributed by atoms with Crippen LogP contribution in [0.3, 0.4) is 0 Å². The predicted molar refractivity (Wildman–Crippen MR) is 225 cm³/mol. The molecule has 1 nitrogen and oxygen atoms in total. The Morgan fingerprint density at radius 1 is 0.580 bits per heavy atom. The van der Waals surface area contributed by atoms with Crippen molar-refractivity contribution < 1.29 is 0 Å². The van der Waals surface area contributed by atoms with Gasteiger partial charge in [0.25, 0.3) is 0 Å². The normalized spacial score (nSPS) is 12.2. The van der Waals surface area contributed by atoms with Crippen LogP contribution in [0.1, 0.15) is 184 Å². The number of aliphatic imine (C=N–C) groups is 1. The van der Waals surface area contributed by atoms with E-state index in [2.05, 4.69) is 109 Å². The Labute approximate surface area is 309 Å². The van der Waals surface area contributed by atoms with Crippen LogP contribution in [0.4, 0.5) is 5.69 Å². The van der Waals surface area contributed by atoms with Crippen LogP contribution >= 0.6 is 0 Å². The fourth-order valence-corrected chi connectivity index (χ4v) is 7.69. The largest absolute Gasteiger partial charge is 0.253 e. The molecule has 3 aromatic carbocycles. The molecule has 274 valence electrons. The zero-order chi connectivity index (χ0) is 36.0. The summed E-state index contributed by atoms with van der Waals surface area (Å²) in [6.07, 6.45) is 29.4. The Morgan fingerprint density at radius 3 is 1.74 bits per heavy atom. The summed E-state index contributed by atoms with van der Waals surface area (Å²) in [5, 5.41) is 0. The summed E-state index contributed by atoms with van der Waals surface area (Å²) in [5.74, 6) is 0. The van der Waals surface area contributed by atoms with Gasteiger partial charge in [-0.2, -0.15) is 0 Å². The zero-order valence-corrected chi connectivity index (χ0v) is 33.6. The first-order valence-corrected chi connectivity index (χ1v) is 21.0. The fourth-order valence-electron chi connectivity index (χ4n) is 7.69. The molecule has 0 radical (unpaired) electrons. The third-order valence-corrected chi connectivity index (χ3v) is 10.7. The van der Waals surface area contributed by atoms with Crippen molar-refractivity contribution in [2.24, 2.45) is 4.99 Å². The number of benzene rings is 3. The summed E-state index contributed by atoms with van der Waals surface area (Å²) in [6.45, 7) is 16.1. The Kier molecular flexibility index (Phi) is 20.2. The van der Waals surface area contributed by atoms with Crippen molar-refractivity contribution in [2.45, 2.75) is 183 Å². The first-order valence-electron chi connectivity index (χ1n) is 21.0. The monoisotopic (exact) mass is 676 g/mol. The molecule has 0 aromatic heterocycles. The number of allylic oxidation sites excluding steroid dienone is 1. The molecule has 0 aliphatic heterocycles. The molecule has 1 heteroatoms. The minimum Gasteiger partial charge on any atom is -0.253 e. The van der Waals surface area contributed by atoms with Crippen LogP contribution < -0.4 is 0 Å². The van der Waals surface area contributed by atoms with Gasteiger partial charge in [0.2, 0.25) is 0 Å². The predicted octanol–water partition coefficient (Wildman–Crippen LogP) is 15.7. The van der Waals surface area contributed by atoms with E-state index in [1.54, 1.807) is 11.1 Å². The second-order valence-corrected chi connectivity index (χ2v) is 14.9. The van der Waals surface area contributed by atoms with Gasteiger partial charge in [-0.05, 0) is 134 Å². The molecular formula is C49H73N. The van der Waals surface area contributed by atoms with E-state index in [4.69, 9.17) is 4.99 Å². The molecule has 0 heterocycles. The molecule has 0 fully saturated rings. The number of rotatable bonds is 25. The summed E-state index contributed by atoms with van der Waals surface area (Å²) in [7, 11) is 0. The van der Waals surface area contributed by atoms with E-state index in [1.165, 1.54) is 155 Å². The molecule has 50 heavy (non-hydrogen) atoms. The van der Waals surface area contributed by atoms with E-state index in [0.29, 0.717) is 0 Å². The highest BCUT2D eigenvalue weighted by Gasteiger charge is 2.14. The van der Waals surface area contributed by atoms with E-state index in [0.717, 1.165) is 30.7 Å². The molecule has 0 spiro atoms. The highest BCUT2D eigenvalue weighted by Crippen LogP contribution is 2.34. The molecule has 0 atom stereocenters. The van der Waals surface area contributed by atoms with Gasteiger partial charge in [-0.15, -0.1) is 0 Å². The van der Waals surface area contributed by atoms with Gasteiger partial charge in [0.15, 0.2) is 0 Å². The molecule has 0 aliphatic rings. The quantitative estimate of drug-likeness (QED) is 0.0626.